The summed E-state index contributed by atoms with van der Waals surface area (Å²) in [5.74, 6) is 1.68. The molecule has 0 spiro atoms. The minimum Gasteiger partial charge on any atom is -0.384 e. The molecule has 0 radical (unpaired) electrons. The normalized spacial score (nSPS) is 17.6. The van der Waals surface area contributed by atoms with Crippen LogP contribution in [-0.2, 0) is 16.0 Å². The highest BCUT2D eigenvalue weighted by atomic mass is 16.5. The van der Waals surface area contributed by atoms with Gasteiger partial charge in [-0.3, -0.25) is 4.79 Å². The van der Waals surface area contributed by atoms with Gasteiger partial charge in [-0.1, -0.05) is 24.4 Å². The van der Waals surface area contributed by atoms with Crippen molar-refractivity contribution in [2.75, 3.05) is 13.7 Å². The Morgan fingerprint density at radius 2 is 2.19 bits per heavy atom. The molecule has 1 aliphatic carbocycles. The van der Waals surface area contributed by atoms with E-state index >= 15 is 0 Å². The van der Waals surface area contributed by atoms with Crippen LogP contribution in [0.1, 0.15) is 63.2 Å². The number of methoxy groups -OCH3 is 1. The second kappa shape index (κ2) is 8.12. The summed E-state index contributed by atoms with van der Waals surface area (Å²) in [4.78, 5) is 16.3. The minimum absolute atomic E-state index is 0.0750. The zero-order valence-corrected chi connectivity index (χ0v) is 12.9. The van der Waals surface area contributed by atoms with Crippen molar-refractivity contribution < 1.29 is 14.1 Å². The summed E-state index contributed by atoms with van der Waals surface area (Å²) in [5.41, 5.74) is 0. The molecule has 6 nitrogen and oxygen atoms in total. The maximum Gasteiger partial charge on any atom is 0.248 e. The summed E-state index contributed by atoms with van der Waals surface area (Å²) in [6.07, 6.45) is 7.37. The van der Waals surface area contributed by atoms with Gasteiger partial charge in [0.05, 0.1) is 6.61 Å². The average molecular weight is 295 g/mol. The van der Waals surface area contributed by atoms with E-state index in [-0.39, 0.29) is 11.9 Å². The third-order valence-electron chi connectivity index (χ3n) is 3.96. The van der Waals surface area contributed by atoms with Crippen LogP contribution in [0.2, 0.25) is 0 Å². The highest BCUT2D eigenvalue weighted by Crippen LogP contribution is 2.26. The van der Waals surface area contributed by atoms with E-state index in [9.17, 15) is 4.79 Å². The van der Waals surface area contributed by atoms with Crippen molar-refractivity contribution in [3.05, 3.63) is 11.7 Å². The first-order chi connectivity index (χ1) is 10.2. The number of aromatic nitrogens is 2. The van der Waals surface area contributed by atoms with Gasteiger partial charge in [0.2, 0.25) is 11.8 Å². The van der Waals surface area contributed by atoms with Crippen molar-refractivity contribution in [2.24, 2.45) is 5.92 Å². The van der Waals surface area contributed by atoms with Crippen LogP contribution in [0.15, 0.2) is 4.52 Å². The molecule has 118 valence electrons. The molecule has 2 rings (SSSR count). The number of rotatable bonds is 7. The molecule has 0 aromatic carbocycles. The van der Waals surface area contributed by atoms with Crippen LogP contribution in [0.4, 0.5) is 0 Å². The predicted octanol–water partition coefficient (Wildman–Crippen LogP) is 2.41. The lowest BCUT2D eigenvalue weighted by molar-refractivity contribution is -0.123. The first-order valence-electron chi connectivity index (χ1n) is 7.80. The van der Waals surface area contributed by atoms with Crippen LogP contribution in [0.3, 0.4) is 0 Å². The van der Waals surface area contributed by atoms with E-state index in [1.807, 2.05) is 6.92 Å². The first-order valence-corrected chi connectivity index (χ1v) is 7.80. The summed E-state index contributed by atoms with van der Waals surface area (Å²) in [6.45, 7) is 2.42. The third kappa shape index (κ3) is 5.12. The van der Waals surface area contributed by atoms with E-state index in [1.165, 1.54) is 32.1 Å². The molecule has 0 bridgehead atoms. The fourth-order valence-electron chi connectivity index (χ4n) is 2.75. The van der Waals surface area contributed by atoms with Gasteiger partial charge in [-0.25, -0.2) is 0 Å². The number of carbonyl (C=O) groups excluding carboxylic acids is 1. The van der Waals surface area contributed by atoms with Gasteiger partial charge in [0.25, 0.3) is 0 Å². The zero-order valence-electron chi connectivity index (χ0n) is 12.9. The maximum absolute atomic E-state index is 12.1. The Morgan fingerprint density at radius 1 is 1.43 bits per heavy atom. The van der Waals surface area contributed by atoms with Crippen molar-refractivity contribution in [2.45, 2.75) is 57.9 Å². The lowest BCUT2D eigenvalue weighted by Gasteiger charge is -2.21. The molecule has 1 atom stereocenters. The number of amides is 1. The van der Waals surface area contributed by atoms with E-state index < -0.39 is 0 Å². The minimum atomic E-state index is -0.245. The molecule has 21 heavy (non-hydrogen) atoms. The Balaban J connectivity index is 1.78. The fraction of sp³-hybridized carbons (Fsp3) is 0.800. The van der Waals surface area contributed by atoms with Crippen LogP contribution >= 0.6 is 0 Å². The lowest BCUT2D eigenvalue weighted by atomic mass is 9.87. The van der Waals surface area contributed by atoms with E-state index in [4.69, 9.17) is 9.26 Å². The van der Waals surface area contributed by atoms with Gasteiger partial charge < -0.3 is 14.6 Å². The molecular weight excluding hydrogens is 270 g/mol. The molecule has 1 aromatic rings. The number of hydrogen-bond acceptors (Lipinski definition) is 5. The number of hydrogen-bond donors (Lipinski definition) is 1. The SMILES string of the molecule is COCCc1noc(C(C)NC(=O)CC2CCCCC2)n1. The summed E-state index contributed by atoms with van der Waals surface area (Å²) in [6, 6.07) is -0.245. The number of nitrogens with zero attached hydrogens (tertiary/aromatic N) is 2. The highest BCUT2D eigenvalue weighted by Gasteiger charge is 2.20. The van der Waals surface area contributed by atoms with Crippen LogP contribution in [0.25, 0.3) is 0 Å². The molecule has 1 unspecified atom stereocenters. The predicted molar refractivity (Wildman–Crippen MR) is 77.6 cm³/mol. The van der Waals surface area contributed by atoms with Gasteiger partial charge in [-0.15, -0.1) is 0 Å². The Bertz CT molecular complexity index is 441. The second-order valence-electron chi connectivity index (χ2n) is 5.79. The molecule has 1 saturated carbocycles. The number of carbonyl (C=O) groups is 1. The summed E-state index contributed by atoms with van der Waals surface area (Å²) in [5, 5.41) is 6.83. The fourth-order valence-corrected chi connectivity index (χ4v) is 2.75. The highest BCUT2D eigenvalue weighted by molar-refractivity contribution is 5.76. The van der Waals surface area contributed by atoms with E-state index in [1.54, 1.807) is 7.11 Å². The van der Waals surface area contributed by atoms with E-state index in [0.717, 1.165) is 0 Å². The number of nitrogens with one attached hydrogen (secondary N) is 1. The lowest BCUT2D eigenvalue weighted by Crippen LogP contribution is -2.29. The Morgan fingerprint density at radius 3 is 2.90 bits per heavy atom. The topological polar surface area (TPSA) is 77.3 Å². The van der Waals surface area contributed by atoms with Crippen molar-refractivity contribution in [1.82, 2.24) is 15.5 Å². The van der Waals surface area contributed by atoms with Gasteiger partial charge >= 0.3 is 0 Å². The quantitative estimate of drug-likeness (QED) is 0.835. The molecule has 1 heterocycles. The zero-order chi connectivity index (χ0) is 15.1. The van der Waals surface area contributed by atoms with Gasteiger partial charge in [-0.05, 0) is 25.7 Å². The molecule has 1 fully saturated rings. The Labute approximate surface area is 125 Å². The molecular formula is C15H25N3O3. The van der Waals surface area contributed by atoms with Crippen LogP contribution in [0, 0.1) is 5.92 Å². The standard InChI is InChI=1S/C15H25N3O3/c1-11(15-17-13(18-21-15)8-9-20-2)16-14(19)10-12-6-4-3-5-7-12/h11-12H,3-10H2,1-2H3,(H,16,19). The summed E-state index contributed by atoms with van der Waals surface area (Å²) < 4.78 is 10.2. The van der Waals surface area contributed by atoms with Gasteiger partial charge in [-0.2, -0.15) is 4.98 Å². The number of ether oxygens (including phenoxy) is 1. The largest absolute Gasteiger partial charge is 0.384 e. The second-order valence-corrected chi connectivity index (χ2v) is 5.79. The molecule has 1 aromatic heterocycles. The third-order valence-corrected chi connectivity index (χ3v) is 3.96. The molecule has 0 aliphatic heterocycles. The smallest absolute Gasteiger partial charge is 0.248 e. The summed E-state index contributed by atoms with van der Waals surface area (Å²) >= 11 is 0. The van der Waals surface area contributed by atoms with Gasteiger partial charge in [0.1, 0.15) is 6.04 Å². The molecule has 0 saturated heterocycles. The monoisotopic (exact) mass is 295 g/mol. The molecule has 1 aliphatic rings. The van der Waals surface area contributed by atoms with Crippen molar-refractivity contribution in [3.63, 3.8) is 0 Å². The average Bonchev–Trinajstić information content (AvgIpc) is 2.95. The van der Waals surface area contributed by atoms with Crippen molar-refractivity contribution in [1.29, 1.82) is 0 Å². The Kier molecular flexibility index (Phi) is 6.17. The molecule has 1 amide bonds. The Hall–Kier alpha value is -1.43. The first kappa shape index (κ1) is 15.9. The van der Waals surface area contributed by atoms with Crippen molar-refractivity contribution >= 4 is 5.91 Å². The van der Waals surface area contributed by atoms with E-state index in [0.29, 0.717) is 37.1 Å². The molecule has 6 heteroatoms. The maximum atomic E-state index is 12.1. The van der Waals surface area contributed by atoms with Gasteiger partial charge in [0.15, 0.2) is 5.82 Å². The van der Waals surface area contributed by atoms with Gasteiger partial charge in [0, 0.05) is 20.0 Å². The van der Waals surface area contributed by atoms with Crippen LogP contribution in [-0.4, -0.2) is 29.8 Å². The van der Waals surface area contributed by atoms with Crippen LogP contribution in [0.5, 0.6) is 0 Å². The van der Waals surface area contributed by atoms with E-state index in [2.05, 4.69) is 15.5 Å². The van der Waals surface area contributed by atoms with Crippen LogP contribution < -0.4 is 5.32 Å². The van der Waals surface area contributed by atoms with Crippen molar-refractivity contribution in [3.8, 4) is 0 Å². The summed E-state index contributed by atoms with van der Waals surface area (Å²) in [7, 11) is 1.63. The molecule has 1 N–H and O–H groups in total.